The molecule has 1 heterocycles. The lowest BCUT2D eigenvalue weighted by atomic mass is 9.89. The van der Waals surface area contributed by atoms with Gasteiger partial charge < -0.3 is 5.73 Å². The first-order valence-corrected chi connectivity index (χ1v) is 6.28. The van der Waals surface area contributed by atoms with Crippen LogP contribution in [0.3, 0.4) is 0 Å². The largest absolute Gasteiger partial charge is 0.329 e. The highest BCUT2D eigenvalue weighted by molar-refractivity contribution is 5.10. The van der Waals surface area contributed by atoms with Gasteiger partial charge in [-0.05, 0) is 44.0 Å². The molecule has 0 amide bonds. The van der Waals surface area contributed by atoms with Crippen LogP contribution in [0.2, 0.25) is 0 Å². The maximum atomic E-state index is 5.96. The molecule has 2 N–H and O–H groups in total. The number of likely N-dealkylation sites (N-methyl/N-ethyl adjacent to an activating group) is 1. The van der Waals surface area contributed by atoms with Crippen molar-refractivity contribution in [1.82, 2.24) is 9.88 Å². The Hall–Kier alpha value is -0.930. The van der Waals surface area contributed by atoms with E-state index in [4.69, 9.17) is 5.73 Å². The molecule has 1 aromatic rings. The van der Waals surface area contributed by atoms with Crippen molar-refractivity contribution in [2.24, 2.45) is 11.7 Å². The molecule has 0 saturated heterocycles. The number of pyridine rings is 1. The van der Waals surface area contributed by atoms with Crippen molar-refractivity contribution in [2.45, 2.75) is 39.3 Å². The lowest BCUT2D eigenvalue weighted by Gasteiger charge is -2.39. The van der Waals surface area contributed by atoms with Gasteiger partial charge in [0.2, 0.25) is 0 Å². The second-order valence-electron chi connectivity index (χ2n) is 5.51. The van der Waals surface area contributed by atoms with Crippen LogP contribution in [-0.2, 0) is 6.54 Å². The van der Waals surface area contributed by atoms with E-state index in [0.717, 1.165) is 13.0 Å². The number of hydrogen-bond donors (Lipinski definition) is 1. The third-order valence-corrected chi connectivity index (χ3v) is 3.38. The molecule has 0 aliphatic carbocycles. The number of rotatable bonds is 6. The van der Waals surface area contributed by atoms with Gasteiger partial charge in [-0.1, -0.05) is 13.8 Å². The third-order valence-electron chi connectivity index (χ3n) is 3.38. The van der Waals surface area contributed by atoms with E-state index < -0.39 is 0 Å². The Morgan fingerprint density at radius 1 is 1.35 bits per heavy atom. The SMILES string of the molecule is CC(C)CC(C)(CN)N(C)Cc1ccncc1. The normalized spacial score (nSPS) is 15.2. The number of hydrogen-bond acceptors (Lipinski definition) is 3. The van der Waals surface area contributed by atoms with Gasteiger partial charge in [-0.3, -0.25) is 9.88 Å². The van der Waals surface area contributed by atoms with Crippen molar-refractivity contribution in [3.8, 4) is 0 Å². The molecule has 0 radical (unpaired) electrons. The van der Waals surface area contributed by atoms with E-state index in [1.165, 1.54) is 5.56 Å². The zero-order chi connectivity index (χ0) is 12.9. The Labute approximate surface area is 105 Å². The summed E-state index contributed by atoms with van der Waals surface area (Å²) in [5.74, 6) is 0.656. The first-order chi connectivity index (χ1) is 7.98. The standard InChI is InChI=1S/C14H25N3/c1-12(2)9-14(3,11-15)17(4)10-13-5-7-16-8-6-13/h5-8,12H,9-11,15H2,1-4H3. The van der Waals surface area contributed by atoms with Gasteiger partial charge >= 0.3 is 0 Å². The summed E-state index contributed by atoms with van der Waals surface area (Å²) in [7, 11) is 2.15. The van der Waals surface area contributed by atoms with Crippen LogP contribution in [0, 0.1) is 5.92 Å². The van der Waals surface area contributed by atoms with Crippen LogP contribution in [0.4, 0.5) is 0 Å². The molecule has 17 heavy (non-hydrogen) atoms. The predicted molar refractivity (Wildman–Crippen MR) is 72.6 cm³/mol. The van der Waals surface area contributed by atoms with Crippen LogP contribution >= 0.6 is 0 Å². The number of nitrogens with zero attached hydrogens (tertiary/aromatic N) is 2. The zero-order valence-corrected chi connectivity index (χ0v) is 11.5. The molecule has 0 aromatic carbocycles. The summed E-state index contributed by atoms with van der Waals surface area (Å²) < 4.78 is 0. The lowest BCUT2D eigenvalue weighted by Crippen LogP contribution is -2.50. The molecule has 1 aromatic heterocycles. The van der Waals surface area contributed by atoms with Crippen molar-refractivity contribution in [2.75, 3.05) is 13.6 Å². The van der Waals surface area contributed by atoms with Crippen LogP contribution in [-0.4, -0.2) is 29.0 Å². The Morgan fingerprint density at radius 2 is 1.94 bits per heavy atom. The highest BCUT2D eigenvalue weighted by Crippen LogP contribution is 2.23. The van der Waals surface area contributed by atoms with Gasteiger partial charge in [-0.25, -0.2) is 0 Å². The molecule has 1 rings (SSSR count). The van der Waals surface area contributed by atoms with E-state index in [9.17, 15) is 0 Å². The summed E-state index contributed by atoms with van der Waals surface area (Å²) in [6.45, 7) is 8.34. The van der Waals surface area contributed by atoms with Gasteiger partial charge in [0, 0.05) is 31.0 Å². The Kier molecular flexibility index (Phi) is 5.09. The van der Waals surface area contributed by atoms with Crippen molar-refractivity contribution in [3.63, 3.8) is 0 Å². The minimum absolute atomic E-state index is 0.0669. The smallest absolute Gasteiger partial charge is 0.0306 e. The first kappa shape index (κ1) is 14.1. The van der Waals surface area contributed by atoms with Crippen LogP contribution in [0.5, 0.6) is 0 Å². The molecule has 0 saturated carbocycles. The Bertz CT molecular complexity index is 323. The lowest BCUT2D eigenvalue weighted by molar-refractivity contribution is 0.111. The van der Waals surface area contributed by atoms with Crippen LogP contribution in [0.1, 0.15) is 32.8 Å². The summed E-state index contributed by atoms with van der Waals surface area (Å²) in [6.07, 6.45) is 4.79. The second kappa shape index (κ2) is 6.12. The minimum atomic E-state index is 0.0669. The van der Waals surface area contributed by atoms with E-state index in [1.54, 1.807) is 0 Å². The van der Waals surface area contributed by atoms with E-state index in [0.29, 0.717) is 12.5 Å². The molecule has 0 aliphatic heterocycles. The van der Waals surface area contributed by atoms with Crippen molar-refractivity contribution in [3.05, 3.63) is 30.1 Å². The van der Waals surface area contributed by atoms with Gasteiger partial charge in [-0.15, -0.1) is 0 Å². The highest BCUT2D eigenvalue weighted by Gasteiger charge is 2.28. The molecule has 0 aliphatic rings. The third kappa shape index (κ3) is 4.10. The van der Waals surface area contributed by atoms with E-state index in [-0.39, 0.29) is 5.54 Å². The average molecular weight is 235 g/mol. The van der Waals surface area contributed by atoms with Crippen LogP contribution < -0.4 is 5.73 Å². The van der Waals surface area contributed by atoms with Crippen molar-refractivity contribution >= 4 is 0 Å². The summed E-state index contributed by atoms with van der Waals surface area (Å²) >= 11 is 0. The fourth-order valence-corrected chi connectivity index (χ4v) is 2.23. The maximum absolute atomic E-state index is 5.96. The number of nitrogens with two attached hydrogens (primary N) is 1. The Balaban J connectivity index is 2.69. The molecule has 0 spiro atoms. The van der Waals surface area contributed by atoms with Crippen molar-refractivity contribution in [1.29, 1.82) is 0 Å². The molecule has 1 atom stereocenters. The van der Waals surface area contributed by atoms with Crippen LogP contribution in [0.25, 0.3) is 0 Å². The molecular formula is C14H25N3. The highest BCUT2D eigenvalue weighted by atomic mass is 15.2. The summed E-state index contributed by atoms with van der Waals surface area (Å²) in [4.78, 5) is 6.39. The second-order valence-corrected chi connectivity index (χ2v) is 5.51. The molecule has 1 unspecified atom stereocenters. The number of aromatic nitrogens is 1. The van der Waals surface area contributed by atoms with Crippen LogP contribution in [0.15, 0.2) is 24.5 Å². The molecule has 3 heteroatoms. The van der Waals surface area contributed by atoms with E-state index >= 15 is 0 Å². The topological polar surface area (TPSA) is 42.1 Å². The molecule has 0 bridgehead atoms. The average Bonchev–Trinajstić information content (AvgIpc) is 2.29. The predicted octanol–water partition coefficient (Wildman–Crippen LogP) is 2.28. The van der Waals surface area contributed by atoms with Gasteiger partial charge in [0.15, 0.2) is 0 Å². The Morgan fingerprint density at radius 3 is 2.41 bits per heavy atom. The fourth-order valence-electron chi connectivity index (χ4n) is 2.23. The van der Waals surface area contributed by atoms with E-state index in [2.05, 4.69) is 49.8 Å². The summed E-state index contributed by atoms with van der Waals surface area (Å²) in [5.41, 5.74) is 7.31. The molecule has 3 nitrogen and oxygen atoms in total. The molecule has 96 valence electrons. The first-order valence-electron chi connectivity index (χ1n) is 6.28. The van der Waals surface area contributed by atoms with Gasteiger partial charge in [0.25, 0.3) is 0 Å². The van der Waals surface area contributed by atoms with Gasteiger partial charge in [0.1, 0.15) is 0 Å². The zero-order valence-electron chi connectivity index (χ0n) is 11.5. The van der Waals surface area contributed by atoms with E-state index in [1.807, 2.05) is 12.4 Å². The fraction of sp³-hybridized carbons (Fsp3) is 0.643. The van der Waals surface area contributed by atoms with Gasteiger partial charge in [0.05, 0.1) is 0 Å². The maximum Gasteiger partial charge on any atom is 0.0306 e. The monoisotopic (exact) mass is 235 g/mol. The minimum Gasteiger partial charge on any atom is -0.329 e. The van der Waals surface area contributed by atoms with Crippen molar-refractivity contribution < 1.29 is 0 Å². The summed E-state index contributed by atoms with van der Waals surface area (Å²) in [5, 5.41) is 0. The molecule has 0 fully saturated rings. The molecular weight excluding hydrogens is 210 g/mol. The quantitative estimate of drug-likeness (QED) is 0.822. The van der Waals surface area contributed by atoms with Gasteiger partial charge in [-0.2, -0.15) is 0 Å². The summed E-state index contributed by atoms with van der Waals surface area (Å²) in [6, 6.07) is 4.12.